The highest BCUT2D eigenvalue weighted by Gasteiger charge is 2.51. The summed E-state index contributed by atoms with van der Waals surface area (Å²) in [7, 11) is -0.727. The third-order valence-corrected chi connectivity index (χ3v) is 7.47. The van der Waals surface area contributed by atoms with E-state index in [0.717, 1.165) is 22.0 Å². The molecule has 0 spiro atoms. The Kier molecular flexibility index (Phi) is 6.09. The van der Waals surface area contributed by atoms with Gasteiger partial charge in [-0.15, -0.1) is 0 Å². The molecule has 1 saturated carbocycles. The number of sulfonamides is 1. The van der Waals surface area contributed by atoms with Crippen molar-refractivity contribution in [2.24, 2.45) is 11.8 Å². The minimum absolute atomic E-state index is 0.0954. The van der Waals surface area contributed by atoms with E-state index in [9.17, 15) is 22.8 Å². The maximum atomic E-state index is 12.6. The number of benzene rings is 1. The molecule has 1 saturated heterocycles. The van der Waals surface area contributed by atoms with E-state index < -0.39 is 22.0 Å². The van der Waals surface area contributed by atoms with Crippen molar-refractivity contribution in [2.45, 2.75) is 50.2 Å². The Balaban J connectivity index is 1.67. The second kappa shape index (κ2) is 8.23. The lowest BCUT2D eigenvalue weighted by Gasteiger charge is -2.21. The lowest BCUT2D eigenvalue weighted by atomic mass is 9.81. The molecule has 9 heteroatoms. The first-order valence-electron chi connectivity index (χ1n) is 9.69. The molecule has 0 aromatic heterocycles. The molecule has 0 bridgehead atoms. The van der Waals surface area contributed by atoms with Gasteiger partial charge >= 0.3 is 5.97 Å². The largest absolute Gasteiger partial charge is 0.459 e. The predicted octanol–water partition coefficient (Wildman–Crippen LogP) is 1.54. The van der Waals surface area contributed by atoms with Gasteiger partial charge in [-0.3, -0.25) is 14.5 Å². The Morgan fingerprint density at radius 1 is 1.17 bits per heavy atom. The molecule has 0 N–H and O–H groups in total. The first-order chi connectivity index (χ1) is 13.6. The van der Waals surface area contributed by atoms with Crippen LogP contribution in [0, 0.1) is 11.8 Å². The summed E-state index contributed by atoms with van der Waals surface area (Å²) in [4.78, 5) is 38.9. The van der Waals surface area contributed by atoms with Gasteiger partial charge in [0.15, 0.2) is 0 Å². The number of nitrogens with zero attached hydrogens (tertiary/aromatic N) is 2. The van der Waals surface area contributed by atoms with Crippen LogP contribution in [0.5, 0.6) is 0 Å². The Morgan fingerprint density at radius 3 is 2.31 bits per heavy atom. The van der Waals surface area contributed by atoms with Gasteiger partial charge in [0.25, 0.3) is 0 Å². The smallest absolute Gasteiger partial charge is 0.329 e. The van der Waals surface area contributed by atoms with Crippen molar-refractivity contribution in [2.75, 3.05) is 14.1 Å². The van der Waals surface area contributed by atoms with Crippen LogP contribution in [0.2, 0.25) is 0 Å². The van der Waals surface area contributed by atoms with E-state index in [1.807, 2.05) is 0 Å². The predicted molar refractivity (Wildman–Crippen MR) is 104 cm³/mol. The summed E-state index contributed by atoms with van der Waals surface area (Å²) >= 11 is 0. The third-order valence-electron chi connectivity index (χ3n) is 5.66. The topological polar surface area (TPSA) is 101 Å². The summed E-state index contributed by atoms with van der Waals surface area (Å²) in [5.41, 5.74) is 0.501. The average Bonchev–Trinajstić information content (AvgIpc) is 2.96. The van der Waals surface area contributed by atoms with Crippen LogP contribution in [-0.4, -0.2) is 55.5 Å². The summed E-state index contributed by atoms with van der Waals surface area (Å²) in [6.07, 6.45) is 3.19. The Bertz CT molecular complexity index is 903. The van der Waals surface area contributed by atoms with Crippen LogP contribution in [0.25, 0.3) is 0 Å². The van der Waals surface area contributed by atoms with E-state index in [2.05, 4.69) is 0 Å². The van der Waals surface area contributed by atoms with E-state index in [1.165, 1.54) is 33.2 Å². The van der Waals surface area contributed by atoms with Crippen molar-refractivity contribution in [1.82, 2.24) is 9.21 Å². The Morgan fingerprint density at radius 2 is 1.76 bits per heavy atom. The molecule has 1 aliphatic carbocycles. The summed E-state index contributed by atoms with van der Waals surface area (Å²) in [6, 6.07) is 5.11. The van der Waals surface area contributed by atoms with Crippen LogP contribution in [0.4, 0.5) is 0 Å². The standard InChI is InChI=1S/C20H26N2O6S/c1-13(22-18(23)16-9-4-5-10-17(16)19(22)24)20(25)28-12-14-7-6-8-15(11-14)29(26,27)21(2)3/h6-8,11,13,16-17H,4-5,9-10,12H2,1-3H3/t13-,16?,17?/m0/s1. The molecule has 2 amide bonds. The zero-order chi connectivity index (χ0) is 21.3. The van der Waals surface area contributed by atoms with Gasteiger partial charge in [0.1, 0.15) is 12.6 Å². The summed E-state index contributed by atoms with van der Waals surface area (Å²) in [6.45, 7) is 1.34. The van der Waals surface area contributed by atoms with E-state index >= 15 is 0 Å². The molecule has 2 aliphatic rings. The Labute approximate surface area is 170 Å². The zero-order valence-corrected chi connectivity index (χ0v) is 17.6. The molecule has 1 heterocycles. The SMILES string of the molecule is C[C@@H](C(=O)OCc1cccc(S(=O)(=O)N(C)C)c1)N1C(=O)C2CCCCC2C1=O. The minimum Gasteiger partial charge on any atom is -0.459 e. The van der Waals surface area contributed by atoms with Crippen LogP contribution in [0.15, 0.2) is 29.2 Å². The molecule has 2 unspecified atom stereocenters. The lowest BCUT2D eigenvalue weighted by molar-refractivity contribution is -0.159. The van der Waals surface area contributed by atoms with Crippen molar-refractivity contribution in [1.29, 1.82) is 0 Å². The van der Waals surface area contributed by atoms with Gasteiger partial charge < -0.3 is 4.74 Å². The first-order valence-corrected chi connectivity index (χ1v) is 11.1. The van der Waals surface area contributed by atoms with Crippen LogP contribution >= 0.6 is 0 Å². The van der Waals surface area contributed by atoms with Gasteiger partial charge in [-0.25, -0.2) is 17.5 Å². The molecular weight excluding hydrogens is 396 g/mol. The highest BCUT2D eigenvalue weighted by Crippen LogP contribution is 2.38. The molecule has 3 atom stereocenters. The molecule has 1 aromatic rings. The van der Waals surface area contributed by atoms with Gasteiger partial charge in [-0.2, -0.15) is 0 Å². The third kappa shape index (κ3) is 4.06. The van der Waals surface area contributed by atoms with Crippen molar-refractivity contribution >= 4 is 27.8 Å². The number of carbonyl (C=O) groups excluding carboxylic acids is 3. The molecule has 2 fully saturated rings. The highest BCUT2D eigenvalue weighted by molar-refractivity contribution is 7.89. The van der Waals surface area contributed by atoms with Crippen molar-refractivity contribution in [3.8, 4) is 0 Å². The summed E-state index contributed by atoms with van der Waals surface area (Å²) < 4.78 is 30.9. The van der Waals surface area contributed by atoms with Gasteiger partial charge in [-0.1, -0.05) is 25.0 Å². The molecule has 158 valence electrons. The van der Waals surface area contributed by atoms with E-state index in [4.69, 9.17) is 4.74 Å². The fraction of sp³-hybridized carbons (Fsp3) is 0.550. The molecule has 3 rings (SSSR count). The van der Waals surface area contributed by atoms with Gasteiger partial charge in [0, 0.05) is 14.1 Å². The number of likely N-dealkylation sites (tertiary alicyclic amines) is 1. The molecular formula is C20H26N2O6S. The van der Waals surface area contributed by atoms with Crippen molar-refractivity contribution in [3.05, 3.63) is 29.8 Å². The number of esters is 1. The normalized spacial score (nSPS) is 23.2. The minimum atomic E-state index is -3.60. The number of ether oxygens (including phenoxy) is 1. The second-order valence-corrected chi connectivity index (χ2v) is 9.91. The average molecular weight is 423 g/mol. The van der Waals surface area contributed by atoms with Gasteiger partial charge in [-0.05, 0) is 37.5 Å². The number of amides is 2. The monoisotopic (exact) mass is 422 g/mol. The number of hydrogen-bond acceptors (Lipinski definition) is 6. The maximum absolute atomic E-state index is 12.6. The number of carbonyl (C=O) groups is 3. The van der Waals surface area contributed by atoms with Crippen LogP contribution in [-0.2, 0) is 35.8 Å². The number of hydrogen-bond donors (Lipinski definition) is 0. The number of rotatable bonds is 6. The molecule has 1 aliphatic heterocycles. The fourth-order valence-corrected chi connectivity index (χ4v) is 4.93. The molecule has 29 heavy (non-hydrogen) atoms. The van der Waals surface area contributed by atoms with Crippen LogP contribution < -0.4 is 0 Å². The fourth-order valence-electron chi connectivity index (χ4n) is 3.96. The first kappa shape index (κ1) is 21.4. The zero-order valence-electron chi connectivity index (χ0n) is 16.8. The summed E-state index contributed by atoms with van der Waals surface area (Å²) in [5.74, 6) is -1.91. The number of imide groups is 1. The van der Waals surface area contributed by atoms with Crippen LogP contribution in [0.3, 0.4) is 0 Å². The molecule has 8 nitrogen and oxygen atoms in total. The van der Waals surface area contributed by atoms with Gasteiger partial charge in [0.2, 0.25) is 21.8 Å². The van der Waals surface area contributed by atoms with Crippen molar-refractivity contribution in [3.63, 3.8) is 0 Å². The Hall–Kier alpha value is -2.26. The van der Waals surface area contributed by atoms with Crippen molar-refractivity contribution < 1.29 is 27.5 Å². The van der Waals surface area contributed by atoms with Crippen LogP contribution in [0.1, 0.15) is 38.2 Å². The van der Waals surface area contributed by atoms with Gasteiger partial charge in [0.05, 0.1) is 16.7 Å². The van der Waals surface area contributed by atoms with E-state index in [1.54, 1.807) is 12.1 Å². The van der Waals surface area contributed by atoms with E-state index in [-0.39, 0.29) is 35.2 Å². The second-order valence-electron chi connectivity index (χ2n) is 7.76. The molecule has 1 aromatic carbocycles. The lowest BCUT2D eigenvalue weighted by Crippen LogP contribution is -2.44. The number of fused-ring (bicyclic) bond motifs is 1. The maximum Gasteiger partial charge on any atom is 0.329 e. The quantitative estimate of drug-likeness (QED) is 0.509. The van der Waals surface area contributed by atoms with E-state index in [0.29, 0.717) is 18.4 Å². The highest BCUT2D eigenvalue weighted by atomic mass is 32.2. The summed E-state index contributed by atoms with van der Waals surface area (Å²) in [5, 5.41) is 0. The molecule has 0 radical (unpaired) electrons.